The van der Waals surface area contributed by atoms with Crippen LogP contribution in [0.15, 0.2) is 78.4 Å². The molecule has 0 atom stereocenters. The van der Waals surface area contributed by atoms with Crippen LogP contribution in [-0.4, -0.2) is 10.8 Å². The molecule has 0 spiro atoms. The molecule has 0 saturated carbocycles. The average molecular weight is 467 g/mol. The van der Waals surface area contributed by atoms with Gasteiger partial charge in [-0.3, -0.25) is 14.9 Å². The predicted molar refractivity (Wildman–Crippen MR) is 118 cm³/mol. The second-order valence-electron chi connectivity index (χ2n) is 6.95. The van der Waals surface area contributed by atoms with Gasteiger partial charge >= 0.3 is 6.18 Å². The van der Waals surface area contributed by atoms with E-state index < -0.39 is 39.5 Å². The average Bonchev–Trinajstić information content (AvgIpc) is 2.82. The van der Waals surface area contributed by atoms with Crippen molar-refractivity contribution in [1.29, 1.82) is 5.26 Å². The smallest absolute Gasteiger partial charge is 0.418 e. The van der Waals surface area contributed by atoms with Crippen molar-refractivity contribution in [2.24, 2.45) is 0 Å². The van der Waals surface area contributed by atoms with Gasteiger partial charge in [0.25, 0.3) is 11.6 Å². The first-order valence-electron chi connectivity index (χ1n) is 9.73. The van der Waals surface area contributed by atoms with Crippen LogP contribution in [-0.2, 0) is 17.6 Å². The summed E-state index contributed by atoms with van der Waals surface area (Å²) in [6.07, 6.45) is -3.75. The first-order chi connectivity index (χ1) is 16.2. The molecule has 10 heteroatoms. The van der Waals surface area contributed by atoms with Gasteiger partial charge in [0.2, 0.25) is 0 Å². The molecule has 1 N–H and O–H groups in total. The van der Waals surface area contributed by atoms with Gasteiger partial charge in [-0.25, -0.2) is 0 Å². The molecule has 3 rings (SSSR count). The summed E-state index contributed by atoms with van der Waals surface area (Å²) in [6, 6.07) is 19.4. The molecule has 0 unspecified atom stereocenters. The van der Waals surface area contributed by atoms with E-state index in [9.17, 15) is 33.3 Å². The van der Waals surface area contributed by atoms with Crippen LogP contribution < -0.4 is 10.1 Å². The largest absolute Gasteiger partial charge is 0.489 e. The number of halogens is 3. The molecule has 0 fully saturated rings. The Labute approximate surface area is 191 Å². The van der Waals surface area contributed by atoms with Crippen molar-refractivity contribution in [2.45, 2.75) is 12.8 Å². The molecule has 3 aromatic carbocycles. The number of benzene rings is 3. The number of hydrogen-bond acceptors (Lipinski definition) is 5. The van der Waals surface area contributed by atoms with Crippen molar-refractivity contribution >= 4 is 23.4 Å². The summed E-state index contributed by atoms with van der Waals surface area (Å²) in [4.78, 5) is 22.3. The van der Waals surface area contributed by atoms with Crippen LogP contribution in [0.4, 0.5) is 24.5 Å². The standard InChI is InChI=1S/C24H16F3N3O4/c25-24(26,27)21-13-19(30(32)33)8-11-22(21)29-23(31)18(14-28)12-16-6-9-20(10-7-16)34-15-17-4-2-1-3-5-17/h1-13H,15H2,(H,29,31)/b18-12+. The second-order valence-corrected chi connectivity index (χ2v) is 6.95. The lowest BCUT2D eigenvalue weighted by atomic mass is 10.1. The molecular weight excluding hydrogens is 451 g/mol. The number of nitrogens with one attached hydrogen (secondary N) is 1. The summed E-state index contributed by atoms with van der Waals surface area (Å²) >= 11 is 0. The van der Waals surface area contributed by atoms with E-state index in [0.29, 0.717) is 24.0 Å². The van der Waals surface area contributed by atoms with E-state index in [2.05, 4.69) is 0 Å². The lowest BCUT2D eigenvalue weighted by Crippen LogP contribution is -2.18. The summed E-state index contributed by atoms with van der Waals surface area (Å²) in [7, 11) is 0. The van der Waals surface area contributed by atoms with Gasteiger partial charge in [0.05, 0.1) is 16.2 Å². The number of nitro benzene ring substituents is 1. The van der Waals surface area contributed by atoms with E-state index in [-0.39, 0.29) is 0 Å². The molecule has 0 aromatic heterocycles. The van der Waals surface area contributed by atoms with Gasteiger partial charge in [-0.05, 0) is 35.4 Å². The number of ether oxygens (including phenoxy) is 1. The summed E-state index contributed by atoms with van der Waals surface area (Å²) in [5, 5.41) is 22.1. The molecule has 0 aliphatic rings. The Morgan fingerprint density at radius 1 is 1.09 bits per heavy atom. The number of anilines is 1. The minimum atomic E-state index is -4.96. The van der Waals surface area contributed by atoms with Gasteiger partial charge in [0.15, 0.2) is 0 Å². The van der Waals surface area contributed by atoms with Crippen molar-refractivity contribution < 1.29 is 27.6 Å². The Morgan fingerprint density at radius 3 is 2.35 bits per heavy atom. The summed E-state index contributed by atoms with van der Waals surface area (Å²) < 4.78 is 45.6. The molecule has 34 heavy (non-hydrogen) atoms. The van der Waals surface area contributed by atoms with Crippen LogP contribution in [0.1, 0.15) is 16.7 Å². The number of nitriles is 1. The zero-order valence-corrected chi connectivity index (χ0v) is 17.4. The molecule has 3 aromatic rings. The third kappa shape index (κ3) is 6.20. The Kier molecular flexibility index (Phi) is 7.28. The predicted octanol–water partition coefficient (Wildman–Crippen LogP) is 5.74. The van der Waals surface area contributed by atoms with Crippen molar-refractivity contribution in [3.8, 4) is 11.8 Å². The van der Waals surface area contributed by atoms with Gasteiger partial charge in [-0.15, -0.1) is 0 Å². The fourth-order valence-corrected chi connectivity index (χ4v) is 2.90. The quantitative estimate of drug-likeness (QED) is 0.207. The fraction of sp³-hybridized carbons (Fsp3) is 0.0833. The van der Waals surface area contributed by atoms with Crippen LogP contribution >= 0.6 is 0 Å². The van der Waals surface area contributed by atoms with E-state index in [1.165, 1.54) is 6.08 Å². The highest BCUT2D eigenvalue weighted by Gasteiger charge is 2.35. The van der Waals surface area contributed by atoms with E-state index in [1.54, 1.807) is 30.3 Å². The molecule has 1 amide bonds. The maximum Gasteiger partial charge on any atom is 0.418 e. The maximum absolute atomic E-state index is 13.3. The van der Waals surface area contributed by atoms with Crippen LogP contribution in [0.25, 0.3) is 6.08 Å². The SMILES string of the molecule is N#C/C(=C\c1ccc(OCc2ccccc2)cc1)C(=O)Nc1ccc([N+](=O)[O-])cc1C(F)(F)F. The molecule has 0 bridgehead atoms. The first kappa shape index (κ1) is 24.0. The molecule has 0 saturated heterocycles. The fourth-order valence-electron chi connectivity index (χ4n) is 2.90. The second kappa shape index (κ2) is 10.3. The first-order valence-corrected chi connectivity index (χ1v) is 9.73. The molecule has 0 heterocycles. The number of hydrogen-bond donors (Lipinski definition) is 1. The highest BCUT2D eigenvalue weighted by Crippen LogP contribution is 2.37. The van der Waals surface area contributed by atoms with Crippen LogP contribution in [0.3, 0.4) is 0 Å². The van der Waals surface area contributed by atoms with Crippen LogP contribution in [0.2, 0.25) is 0 Å². The van der Waals surface area contributed by atoms with Crippen molar-refractivity contribution in [2.75, 3.05) is 5.32 Å². The Balaban J connectivity index is 1.75. The van der Waals surface area contributed by atoms with E-state index in [1.807, 2.05) is 35.6 Å². The molecule has 7 nitrogen and oxygen atoms in total. The molecule has 0 radical (unpaired) electrons. The van der Waals surface area contributed by atoms with Crippen molar-refractivity contribution in [1.82, 2.24) is 0 Å². The topological polar surface area (TPSA) is 105 Å². The number of carbonyl (C=O) groups excluding carboxylic acids is 1. The summed E-state index contributed by atoms with van der Waals surface area (Å²) in [5.41, 5.74) is -1.92. The highest BCUT2D eigenvalue weighted by molar-refractivity contribution is 6.10. The molecular formula is C24H16F3N3O4. The third-order valence-corrected chi connectivity index (χ3v) is 4.57. The third-order valence-electron chi connectivity index (χ3n) is 4.57. The Morgan fingerprint density at radius 2 is 1.76 bits per heavy atom. The number of non-ortho nitro benzene ring substituents is 1. The number of rotatable bonds is 7. The molecule has 172 valence electrons. The number of nitrogens with zero attached hydrogens (tertiary/aromatic N) is 2. The maximum atomic E-state index is 13.3. The van der Waals surface area contributed by atoms with Crippen molar-refractivity contribution in [3.05, 3.63) is 105 Å². The monoisotopic (exact) mass is 467 g/mol. The van der Waals surface area contributed by atoms with E-state index >= 15 is 0 Å². The number of alkyl halides is 3. The van der Waals surface area contributed by atoms with E-state index in [4.69, 9.17) is 4.74 Å². The van der Waals surface area contributed by atoms with Gasteiger partial charge in [0, 0.05) is 12.1 Å². The Bertz CT molecular complexity index is 1270. The lowest BCUT2D eigenvalue weighted by Gasteiger charge is -2.13. The van der Waals surface area contributed by atoms with E-state index in [0.717, 1.165) is 17.7 Å². The zero-order chi connectivity index (χ0) is 24.7. The number of nitro groups is 1. The minimum absolute atomic E-state index is 0.319. The van der Waals surface area contributed by atoms with Gasteiger partial charge in [-0.2, -0.15) is 18.4 Å². The van der Waals surface area contributed by atoms with Gasteiger partial charge in [0.1, 0.15) is 24.0 Å². The summed E-state index contributed by atoms with van der Waals surface area (Å²) in [5.74, 6) is -0.545. The van der Waals surface area contributed by atoms with Gasteiger partial charge in [-0.1, -0.05) is 42.5 Å². The number of carbonyl (C=O) groups is 1. The number of amides is 1. The zero-order valence-electron chi connectivity index (χ0n) is 17.4. The minimum Gasteiger partial charge on any atom is -0.489 e. The molecule has 0 aliphatic heterocycles. The van der Waals surface area contributed by atoms with Crippen LogP contribution in [0, 0.1) is 21.4 Å². The lowest BCUT2D eigenvalue weighted by molar-refractivity contribution is -0.385. The highest BCUT2D eigenvalue weighted by atomic mass is 19.4. The van der Waals surface area contributed by atoms with Gasteiger partial charge < -0.3 is 10.1 Å². The van der Waals surface area contributed by atoms with Crippen LogP contribution in [0.5, 0.6) is 5.75 Å². The molecule has 0 aliphatic carbocycles. The van der Waals surface area contributed by atoms with Crippen molar-refractivity contribution in [3.63, 3.8) is 0 Å². The Hall–Kier alpha value is -4.65. The normalized spacial score (nSPS) is 11.4. The summed E-state index contributed by atoms with van der Waals surface area (Å²) in [6.45, 7) is 0.346.